The predicted octanol–water partition coefficient (Wildman–Crippen LogP) is 4.16. The normalized spacial score (nSPS) is 12.5. The molecule has 1 aromatic heterocycles. The van der Waals surface area contributed by atoms with E-state index in [4.69, 9.17) is 17.3 Å². The summed E-state index contributed by atoms with van der Waals surface area (Å²) in [5, 5.41) is 10.6. The van der Waals surface area contributed by atoms with Gasteiger partial charge in [0, 0.05) is 21.2 Å². The van der Waals surface area contributed by atoms with Gasteiger partial charge >= 0.3 is 6.03 Å². The number of benzene rings is 1. The molecule has 0 saturated heterocycles. The standard InChI is InChI=1S/C16H17ClN2O2S/c1-11(19(21)16(18)20)2-7-14-8-9-15(22-14)10-12-3-5-13(17)6-4-12/h2-9,11,21H,10H2,1H3,(H2,18,20)/b7-2-/t11-/m1/s1. The second kappa shape index (κ2) is 7.45. The first kappa shape index (κ1) is 16.5. The topological polar surface area (TPSA) is 66.6 Å². The molecule has 0 bridgehead atoms. The fourth-order valence-electron chi connectivity index (χ4n) is 1.90. The zero-order valence-electron chi connectivity index (χ0n) is 12.1. The van der Waals surface area contributed by atoms with Crippen LogP contribution >= 0.6 is 22.9 Å². The number of hydroxylamine groups is 2. The van der Waals surface area contributed by atoms with Gasteiger partial charge in [0.05, 0.1) is 6.04 Å². The fourth-order valence-corrected chi connectivity index (χ4v) is 2.99. The van der Waals surface area contributed by atoms with E-state index in [1.165, 1.54) is 10.4 Å². The molecule has 1 atom stereocenters. The number of amides is 2. The van der Waals surface area contributed by atoms with E-state index < -0.39 is 12.1 Å². The molecule has 2 rings (SSSR count). The van der Waals surface area contributed by atoms with Crippen molar-refractivity contribution < 1.29 is 10.0 Å². The third-order valence-corrected chi connectivity index (χ3v) is 4.43. The average molecular weight is 337 g/mol. The Morgan fingerprint density at radius 1 is 1.36 bits per heavy atom. The van der Waals surface area contributed by atoms with Crippen LogP contribution in [0.4, 0.5) is 4.79 Å². The number of hydrogen-bond donors (Lipinski definition) is 2. The molecule has 22 heavy (non-hydrogen) atoms. The van der Waals surface area contributed by atoms with Crippen LogP contribution < -0.4 is 5.73 Å². The van der Waals surface area contributed by atoms with Gasteiger partial charge in [-0.2, -0.15) is 5.06 Å². The molecule has 0 spiro atoms. The molecule has 4 nitrogen and oxygen atoms in total. The van der Waals surface area contributed by atoms with E-state index in [1.807, 2.05) is 36.4 Å². The first-order valence-electron chi connectivity index (χ1n) is 6.74. The number of urea groups is 1. The van der Waals surface area contributed by atoms with Crippen molar-refractivity contribution in [2.45, 2.75) is 19.4 Å². The summed E-state index contributed by atoms with van der Waals surface area (Å²) in [5.74, 6) is 0. The first-order valence-corrected chi connectivity index (χ1v) is 7.94. The quantitative estimate of drug-likeness (QED) is 0.635. The Hall–Kier alpha value is -1.82. The number of primary amides is 1. The summed E-state index contributed by atoms with van der Waals surface area (Å²) in [6.45, 7) is 1.68. The SMILES string of the molecule is C[C@H](/C=C\c1ccc(Cc2ccc(Cl)cc2)s1)N(O)C(N)=O. The molecule has 2 aromatic rings. The number of hydrogen-bond acceptors (Lipinski definition) is 3. The zero-order valence-corrected chi connectivity index (χ0v) is 13.6. The van der Waals surface area contributed by atoms with E-state index in [0.29, 0.717) is 5.06 Å². The van der Waals surface area contributed by atoms with Crippen LogP contribution in [0.5, 0.6) is 0 Å². The van der Waals surface area contributed by atoms with Crippen molar-refractivity contribution in [3.05, 3.63) is 62.8 Å². The monoisotopic (exact) mass is 336 g/mol. The maximum Gasteiger partial charge on any atom is 0.339 e. The van der Waals surface area contributed by atoms with Crippen LogP contribution in [0.25, 0.3) is 6.08 Å². The number of thiophene rings is 1. The lowest BCUT2D eigenvalue weighted by Gasteiger charge is -2.16. The molecule has 1 heterocycles. The van der Waals surface area contributed by atoms with Crippen LogP contribution in [0.3, 0.4) is 0 Å². The van der Waals surface area contributed by atoms with E-state index in [-0.39, 0.29) is 0 Å². The van der Waals surface area contributed by atoms with Crippen molar-refractivity contribution in [3.8, 4) is 0 Å². The molecule has 6 heteroatoms. The van der Waals surface area contributed by atoms with Crippen molar-refractivity contribution >= 4 is 35.0 Å². The summed E-state index contributed by atoms with van der Waals surface area (Å²) in [4.78, 5) is 13.1. The zero-order chi connectivity index (χ0) is 16.1. The van der Waals surface area contributed by atoms with Crippen molar-refractivity contribution in [3.63, 3.8) is 0 Å². The Morgan fingerprint density at radius 2 is 2.05 bits per heavy atom. The average Bonchev–Trinajstić information content (AvgIpc) is 2.94. The van der Waals surface area contributed by atoms with Gasteiger partial charge in [-0.05, 0) is 42.8 Å². The maximum absolute atomic E-state index is 10.8. The molecular weight excluding hydrogens is 320 g/mol. The lowest BCUT2D eigenvalue weighted by molar-refractivity contribution is -0.0560. The first-order chi connectivity index (χ1) is 10.5. The number of carbonyl (C=O) groups is 1. The molecule has 116 valence electrons. The van der Waals surface area contributed by atoms with Crippen molar-refractivity contribution in [2.24, 2.45) is 5.73 Å². The van der Waals surface area contributed by atoms with E-state index in [2.05, 4.69) is 6.07 Å². The summed E-state index contributed by atoms with van der Waals surface area (Å²) < 4.78 is 0. The minimum absolute atomic E-state index is 0.473. The third kappa shape index (κ3) is 4.59. The summed E-state index contributed by atoms with van der Waals surface area (Å²) >= 11 is 7.53. The smallest absolute Gasteiger partial charge is 0.339 e. The molecule has 3 N–H and O–H groups in total. The molecule has 0 unspecified atom stereocenters. The highest BCUT2D eigenvalue weighted by atomic mass is 35.5. The Balaban J connectivity index is 1.99. The van der Waals surface area contributed by atoms with Gasteiger partial charge in [0.2, 0.25) is 0 Å². The Bertz CT molecular complexity index is 667. The Kier molecular flexibility index (Phi) is 5.60. The van der Waals surface area contributed by atoms with E-state index in [9.17, 15) is 10.0 Å². The predicted molar refractivity (Wildman–Crippen MR) is 90.3 cm³/mol. The number of nitrogens with zero attached hydrogens (tertiary/aromatic N) is 1. The van der Waals surface area contributed by atoms with Crippen LogP contribution in [0.2, 0.25) is 5.02 Å². The van der Waals surface area contributed by atoms with Crippen LogP contribution in [0.15, 0.2) is 42.5 Å². The van der Waals surface area contributed by atoms with Gasteiger partial charge in [0.15, 0.2) is 0 Å². The number of rotatable bonds is 5. The Labute approximate surface area is 138 Å². The number of carbonyl (C=O) groups excluding carboxylic acids is 1. The van der Waals surface area contributed by atoms with Crippen LogP contribution in [-0.2, 0) is 6.42 Å². The Morgan fingerprint density at radius 3 is 2.68 bits per heavy atom. The lowest BCUT2D eigenvalue weighted by atomic mass is 10.1. The number of nitrogens with two attached hydrogens (primary N) is 1. The second-order valence-electron chi connectivity index (χ2n) is 4.89. The van der Waals surface area contributed by atoms with Crippen LogP contribution in [0.1, 0.15) is 22.2 Å². The fraction of sp³-hybridized carbons (Fsp3) is 0.188. The highest BCUT2D eigenvalue weighted by molar-refractivity contribution is 7.12. The van der Waals surface area contributed by atoms with Crippen LogP contribution in [-0.4, -0.2) is 22.3 Å². The minimum atomic E-state index is -0.869. The molecule has 0 aliphatic heterocycles. The summed E-state index contributed by atoms with van der Waals surface area (Å²) in [5.41, 5.74) is 6.20. The van der Waals surface area contributed by atoms with Gasteiger partial charge in [-0.15, -0.1) is 11.3 Å². The van der Waals surface area contributed by atoms with Gasteiger partial charge in [-0.3, -0.25) is 5.21 Å². The highest BCUT2D eigenvalue weighted by Crippen LogP contribution is 2.22. The van der Waals surface area contributed by atoms with E-state index >= 15 is 0 Å². The molecular formula is C16H17ClN2O2S. The number of halogens is 1. The summed E-state index contributed by atoms with van der Waals surface area (Å²) in [6, 6.07) is 10.5. The van der Waals surface area contributed by atoms with Gasteiger partial charge in [-0.1, -0.05) is 29.8 Å². The summed E-state index contributed by atoms with van der Waals surface area (Å²) in [7, 11) is 0. The molecule has 0 radical (unpaired) electrons. The van der Waals surface area contributed by atoms with Gasteiger partial charge in [-0.25, -0.2) is 4.79 Å². The van der Waals surface area contributed by atoms with Gasteiger partial charge in [0.1, 0.15) is 0 Å². The maximum atomic E-state index is 10.8. The van der Waals surface area contributed by atoms with Crippen LogP contribution in [0, 0.1) is 0 Å². The van der Waals surface area contributed by atoms with E-state index in [1.54, 1.807) is 24.3 Å². The molecule has 0 aliphatic rings. The lowest BCUT2D eigenvalue weighted by Crippen LogP contribution is -2.38. The van der Waals surface area contributed by atoms with Gasteiger partial charge < -0.3 is 5.73 Å². The van der Waals surface area contributed by atoms with Crippen molar-refractivity contribution in [1.82, 2.24) is 5.06 Å². The third-order valence-electron chi connectivity index (χ3n) is 3.12. The second-order valence-corrected chi connectivity index (χ2v) is 6.53. The highest BCUT2D eigenvalue weighted by Gasteiger charge is 2.11. The van der Waals surface area contributed by atoms with Crippen molar-refractivity contribution in [1.29, 1.82) is 0 Å². The molecule has 2 amide bonds. The molecule has 0 aliphatic carbocycles. The van der Waals surface area contributed by atoms with Crippen molar-refractivity contribution in [2.75, 3.05) is 0 Å². The summed E-state index contributed by atoms with van der Waals surface area (Å²) in [6.07, 6.45) is 4.44. The van der Waals surface area contributed by atoms with Gasteiger partial charge in [0.25, 0.3) is 0 Å². The van der Waals surface area contributed by atoms with E-state index in [0.717, 1.165) is 16.3 Å². The minimum Gasteiger partial charge on any atom is -0.350 e. The molecule has 0 saturated carbocycles. The largest absolute Gasteiger partial charge is 0.350 e. The molecule has 1 aromatic carbocycles. The molecule has 0 fully saturated rings.